The molecule has 3 nitrogen and oxygen atoms in total. The maximum Gasteiger partial charge on any atom is 0.0806 e. The van der Waals surface area contributed by atoms with Gasteiger partial charge in [0, 0.05) is 19.7 Å². The normalized spacial score (nSPS) is 23.5. The van der Waals surface area contributed by atoms with Crippen LogP contribution in [0.15, 0.2) is 0 Å². The molecule has 0 aromatic carbocycles. The lowest BCUT2D eigenvalue weighted by Gasteiger charge is -2.32. The molecule has 0 aliphatic heterocycles. The van der Waals surface area contributed by atoms with Crippen molar-refractivity contribution in [2.75, 3.05) is 20.3 Å². The molecule has 0 bridgehead atoms. The van der Waals surface area contributed by atoms with Gasteiger partial charge < -0.3 is 14.8 Å². The van der Waals surface area contributed by atoms with E-state index in [2.05, 4.69) is 19.2 Å². The highest BCUT2D eigenvalue weighted by Gasteiger charge is 2.36. The SMILES string of the molecule is COC(C)(C)CCOC1(CNC2CC2)CCCC1. The summed E-state index contributed by atoms with van der Waals surface area (Å²) in [6, 6.07) is 0.779. The molecule has 0 spiro atoms. The Morgan fingerprint density at radius 3 is 2.44 bits per heavy atom. The number of hydrogen-bond donors (Lipinski definition) is 1. The summed E-state index contributed by atoms with van der Waals surface area (Å²) in [6.45, 7) is 6.11. The maximum atomic E-state index is 6.26. The zero-order valence-corrected chi connectivity index (χ0v) is 12.3. The smallest absolute Gasteiger partial charge is 0.0806 e. The van der Waals surface area contributed by atoms with Crippen molar-refractivity contribution in [3.63, 3.8) is 0 Å². The highest BCUT2D eigenvalue weighted by atomic mass is 16.5. The first kappa shape index (κ1) is 14.3. The van der Waals surface area contributed by atoms with Crippen LogP contribution in [0.3, 0.4) is 0 Å². The quantitative estimate of drug-likeness (QED) is 0.723. The largest absolute Gasteiger partial charge is 0.379 e. The molecule has 0 unspecified atom stereocenters. The lowest BCUT2D eigenvalue weighted by Crippen LogP contribution is -2.42. The summed E-state index contributed by atoms with van der Waals surface area (Å²) in [4.78, 5) is 0. The zero-order valence-electron chi connectivity index (χ0n) is 12.3. The van der Waals surface area contributed by atoms with Gasteiger partial charge in [0.15, 0.2) is 0 Å². The van der Waals surface area contributed by atoms with Gasteiger partial charge in [-0.2, -0.15) is 0 Å². The summed E-state index contributed by atoms with van der Waals surface area (Å²) in [5.74, 6) is 0. The molecule has 18 heavy (non-hydrogen) atoms. The third-order valence-electron chi connectivity index (χ3n) is 4.47. The minimum atomic E-state index is -0.0658. The van der Waals surface area contributed by atoms with E-state index in [-0.39, 0.29) is 11.2 Å². The van der Waals surface area contributed by atoms with Crippen molar-refractivity contribution >= 4 is 0 Å². The Morgan fingerprint density at radius 1 is 1.22 bits per heavy atom. The van der Waals surface area contributed by atoms with Crippen molar-refractivity contribution < 1.29 is 9.47 Å². The number of hydrogen-bond acceptors (Lipinski definition) is 3. The first-order chi connectivity index (χ1) is 8.55. The number of rotatable bonds is 8. The minimum Gasteiger partial charge on any atom is -0.379 e. The van der Waals surface area contributed by atoms with Gasteiger partial charge in [0.05, 0.1) is 17.8 Å². The van der Waals surface area contributed by atoms with Gasteiger partial charge in [0.25, 0.3) is 0 Å². The highest BCUT2D eigenvalue weighted by molar-refractivity contribution is 4.92. The second kappa shape index (κ2) is 5.89. The Bertz CT molecular complexity index is 255. The third-order valence-corrected chi connectivity index (χ3v) is 4.47. The number of methoxy groups -OCH3 is 1. The van der Waals surface area contributed by atoms with Gasteiger partial charge in [0.1, 0.15) is 0 Å². The molecule has 2 fully saturated rings. The van der Waals surface area contributed by atoms with E-state index < -0.39 is 0 Å². The highest BCUT2D eigenvalue weighted by Crippen LogP contribution is 2.34. The number of ether oxygens (including phenoxy) is 2. The second-order valence-electron chi connectivity index (χ2n) is 6.61. The van der Waals surface area contributed by atoms with Crippen molar-refractivity contribution in [3.8, 4) is 0 Å². The van der Waals surface area contributed by atoms with Crippen molar-refractivity contribution in [2.24, 2.45) is 0 Å². The molecule has 1 N–H and O–H groups in total. The van der Waals surface area contributed by atoms with Crippen LogP contribution in [0, 0.1) is 0 Å². The predicted octanol–water partition coefficient (Wildman–Crippen LogP) is 2.88. The summed E-state index contributed by atoms with van der Waals surface area (Å²) in [5.41, 5.74) is 0.0517. The fraction of sp³-hybridized carbons (Fsp3) is 1.00. The van der Waals surface area contributed by atoms with Crippen LogP contribution in [-0.2, 0) is 9.47 Å². The molecule has 2 rings (SSSR count). The van der Waals surface area contributed by atoms with Crippen LogP contribution >= 0.6 is 0 Å². The monoisotopic (exact) mass is 255 g/mol. The van der Waals surface area contributed by atoms with E-state index in [1.54, 1.807) is 7.11 Å². The third kappa shape index (κ3) is 4.22. The predicted molar refractivity (Wildman–Crippen MR) is 73.9 cm³/mol. The van der Waals surface area contributed by atoms with Crippen LogP contribution in [0.4, 0.5) is 0 Å². The topological polar surface area (TPSA) is 30.5 Å². The zero-order chi connectivity index (χ0) is 13.1. The van der Waals surface area contributed by atoms with Crippen molar-refractivity contribution in [2.45, 2.75) is 76.0 Å². The fourth-order valence-corrected chi connectivity index (χ4v) is 2.62. The minimum absolute atomic E-state index is 0.0658. The van der Waals surface area contributed by atoms with E-state index in [0.29, 0.717) is 0 Å². The Hall–Kier alpha value is -0.120. The van der Waals surface area contributed by atoms with E-state index in [0.717, 1.165) is 25.6 Å². The van der Waals surface area contributed by atoms with Crippen LogP contribution in [-0.4, -0.2) is 37.5 Å². The molecule has 2 saturated carbocycles. The Balaban J connectivity index is 1.74. The molecule has 0 amide bonds. The molecule has 0 aromatic rings. The molecular formula is C15H29NO2. The van der Waals surface area contributed by atoms with E-state index in [1.165, 1.54) is 38.5 Å². The Morgan fingerprint density at radius 2 is 1.89 bits per heavy atom. The molecule has 3 heteroatoms. The summed E-state index contributed by atoms with van der Waals surface area (Å²) in [7, 11) is 1.78. The lowest BCUT2D eigenvalue weighted by molar-refractivity contribution is -0.0709. The lowest BCUT2D eigenvalue weighted by atomic mass is 10.0. The molecular weight excluding hydrogens is 226 g/mol. The first-order valence-corrected chi connectivity index (χ1v) is 7.48. The van der Waals surface area contributed by atoms with Crippen LogP contribution in [0.25, 0.3) is 0 Å². The van der Waals surface area contributed by atoms with Gasteiger partial charge in [-0.05, 0) is 46.0 Å². The van der Waals surface area contributed by atoms with Crippen LogP contribution in [0.5, 0.6) is 0 Å². The molecule has 0 saturated heterocycles. The molecule has 0 heterocycles. The summed E-state index contributed by atoms with van der Waals surface area (Å²) >= 11 is 0. The van der Waals surface area contributed by atoms with Crippen molar-refractivity contribution in [3.05, 3.63) is 0 Å². The molecule has 0 aromatic heterocycles. The molecule has 0 atom stereocenters. The van der Waals surface area contributed by atoms with Gasteiger partial charge in [-0.1, -0.05) is 12.8 Å². The van der Waals surface area contributed by atoms with Gasteiger partial charge in [0.2, 0.25) is 0 Å². The second-order valence-corrected chi connectivity index (χ2v) is 6.61. The average Bonchev–Trinajstić information content (AvgIpc) is 3.07. The van der Waals surface area contributed by atoms with Crippen LogP contribution in [0.1, 0.15) is 58.8 Å². The Kier molecular flexibility index (Phi) is 4.68. The molecule has 2 aliphatic rings. The molecule has 0 radical (unpaired) electrons. The summed E-state index contributed by atoms with van der Waals surface area (Å²) in [5, 5.41) is 3.64. The number of nitrogens with one attached hydrogen (secondary N) is 1. The Labute approximate surface area is 112 Å². The van der Waals surface area contributed by atoms with E-state index in [9.17, 15) is 0 Å². The fourth-order valence-electron chi connectivity index (χ4n) is 2.62. The summed E-state index contributed by atoms with van der Waals surface area (Å²) in [6.07, 6.45) is 8.76. The first-order valence-electron chi connectivity index (χ1n) is 7.48. The van der Waals surface area contributed by atoms with Crippen molar-refractivity contribution in [1.82, 2.24) is 5.32 Å². The van der Waals surface area contributed by atoms with Crippen LogP contribution in [0.2, 0.25) is 0 Å². The van der Waals surface area contributed by atoms with Gasteiger partial charge >= 0.3 is 0 Å². The van der Waals surface area contributed by atoms with E-state index in [1.807, 2.05) is 0 Å². The average molecular weight is 255 g/mol. The van der Waals surface area contributed by atoms with Crippen LogP contribution < -0.4 is 5.32 Å². The molecule has 106 valence electrons. The van der Waals surface area contributed by atoms with E-state index >= 15 is 0 Å². The van der Waals surface area contributed by atoms with Gasteiger partial charge in [-0.15, -0.1) is 0 Å². The van der Waals surface area contributed by atoms with Crippen molar-refractivity contribution in [1.29, 1.82) is 0 Å². The molecule has 2 aliphatic carbocycles. The van der Waals surface area contributed by atoms with E-state index in [4.69, 9.17) is 9.47 Å². The standard InChI is InChI=1S/C15H29NO2/c1-14(2,17-3)10-11-18-15(8-4-5-9-15)12-16-13-6-7-13/h13,16H,4-12H2,1-3H3. The van der Waals surface area contributed by atoms with Gasteiger partial charge in [-0.25, -0.2) is 0 Å². The maximum absolute atomic E-state index is 6.26. The van der Waals surface area contributed by atoms with Gasteiger partial charge in [-0.3, -0.25) is 0 Å². The summed E-state index contributed by atoms with van der Waals surface area (Å²) < 4.78 is 11.7.